The van der Waals surface area contributed by atoms with Crippen LogP contribution in [0.2, 0.25) is 0 Å². The highest BCUT2D eigenvalue weighted by Gasteiger charge is 2.22. The SMILES string of the molecule is Cc1csc(N2CCCN(CC(=O)c3cc(C)n(-c4ccc(S(N)(=O)=O)cc4)c3C)CC2)n1. The number of ketones is 1. The van der Waals surface area contributed by atoms with E-state index >= 15 is 0 Å². The lowest BCUT2D eigenvalue weighted by Crippen LogP contribution is -2.34. The first-order valence-corrected chi connectivity index (χ1v) is 13.3. The van der Waals surface area contributed by atoms with Gasteiger partial charge in [-0.05, 0) is 57.5 Å². The molecule has 1 aromatic carbocycles. The fraction of sp³-hybridized carbons (Fsp3) is 0.391. The standard InChI is InChI=1S/C23H29N5O3S2/c1-16-15-32-23(25-16)27-10-4-9-26(11-12-27)14-22(29)21-13-17(2)28(18(21)3)19-5-7-20(8-6-19)33(24,30)31/h5-8,13,15H,4,9-12,14H2,1-3H3,(H2,24,30,31). The monoisotopic (exact) mass is 487 g/mol. The molecule has 0 unspecified atom stereocenters. The van der Waals surface area contributed by atoms with E-state index in [-0.39, 0.29) is 10.7 Å². The van der Waals surface area contributed by atoms with Crippen molar-refractivity contribution < 1.29 is 13.2 Å². The van der Waals surface area contributed by atoms with Crippen LogP contribution in [0.1, 0.15) is 33.9 Å². The molecule has 33 heavy (non-hydrogen) atoms. The molecule has 3 aromatic rings. The molecule has 10 heteroatoms. The van der Waals surface area contributed by atoms with Crippen molar-refractivity contribution in [1.82, 2.24) is 14.5 Å². The molecule has 1 aliphatic rings. The molecule has 0 amide bonds. The van der Waals surface area contributed by atoms with Crippen LogP contribution in [-0.4, -0.2) is 61.4 Å². The van der Waals surface area contributed by atoms with E-state index in [1.807, 2.05) is 31.4 Å². The largest absolute Gasteiger partial charge is 0.347 e. The number of primary sulfonamides is 1. The van der Waals surface area contributed by atoms with Gasteiger partial charge >= 0.3 is 0 Å². The van der Waals surface area contributed by atoms with E-state index in [1.165, 1.54) is 12.1 Å². The summed E-state index contributed by atoms with van der Waals surface area (Å²) in [6.45, 7) is 9.74. The van der Waals surface area contributed by atoms with Gasteiger partial charge in [-0.1, -0.05) is 0 Å². The second kappa shape index (κ2) is 9.38. The number of carbonyl (C=O) groups excluding carboxylic acids is 1. The first-order valence-electron chi connectivity index (χ1n) is 10.9. The third-order valence-corrected chi connectivity index (χ3v) is 7.94. The Morgan fingerprint density at radius 1 is 1.09 bits per heavy atom. The normalized spacial score (nSPS) is 15.6. The van der Waals surface area contributed by atoms with Gasteiger partial charge in [0.15, 0.2) is 10.9 Å². The van der Waals surface area contributed by atoms with Crippen LogP contribution in [0.15, 0.2) is 40.6 Å². The number of aromatic nitrogens is 2. The molecule has 0 bridgehead atoms. The average molecular weight is 488 g/mol. The van der Waals surface area contributed by atoms with Crippen molar-refractivity contribution in [3.63, 3.8) is 0 Å². The second-order valence-corrected chi connectivity index (χ2v) is 10.9. The summed E-state index contributed by atoms with van der Waals surface area (Å²) in [6, 6.07) is 8.29. The number of hydrogen-bond donors (Lipinski definition) is 1. The van der Waals surface area contributed by atoms with Crippen molar-refractivity contribution in [3.8, 4) is 5.69 Å². The molecule has 176 valence electrons. The van der Waals surface area contributed by atoms with Gasteiger partial charge in [0, 0.05) is 54.2 Å². The Balaban J connectivity index is 1.47. The number of sulfonamides is 1. The Morgan fingerprint density at radius 3 is 2.45 bits per heavy atom. The van der Waals surface area contributed by atoms with Gasteiger partial charge in [0.05, 0.1) is 17.1 Å². The van der Waals surface area contributed by atoms with Crippen LogP contribution in [0.3, 0.4) is 0 Å². The van der Waals surface area contributed by atoms with Crippen LogP contribution >= 0.6 is 11.3 Å². The molecule has 8 nitrogen and oxygen atoms in total. The van der Waals surface area contributed by atoms with Crippen molar-refractivity contribution in [2.24, 2.45) is 5.14 Å². The van der Waals surface area contributed by atoms with Gasteiger partial charge in [0.1, 0.15) is 0 Å². The molecule has 2 N–H and O–H groups in total. The van der Waals surface area contributed by atoms with E-state index in [9.17, 15) is 13.2 Å². The highest BCUT2D eigenvalue weighted by atomic mass is 32.2. The zero-order chi connectivity index (χ0) is 23.8. The van der Waals surface area contributed by atoms with Crippen molar-refractivity contribution >= 4 is 32.3 Å². The zero-order valence-electron chi connectivity index (χ0n) is 19.1. The van der Waals surface area contributed by atoms with Crippen LogP contribution in [0.4, 0.5) is 5.13 Å². The van der Waals surface area contributed by atoms with Crippen LogP contribution in [0, 0.1) is 20.8 Å². The smallest absolute Gasteiger partial charge is 0.238 e. The third-order valence-electron chi connectivity index (χ3n) is 5.99. The van der Waals surface area contributed by atoms with Crippen molar-refractivity contribution in [2.45, 2.75) is 32.1 Å². The Kier molecular flexibility index (Phi) is 6.71. The van der Waals surface area contributed by atoms with Gasteiger partial charge in [-0.25, -0.2) is 18.5 Å². The lowest BCUT2D eigenvalue weighted by molar-refractivity contribution is 0.0934. The first kappa shape index (κ1) is 23.6. The molecule has 1 saturated heterocycles. The van der Waals surface area contributed by atoms with Crippen molar-refractivity contribution in [1.29, 1.82) is 0 Å². The van der Waals surface area contributed by atoms with Crippen molar-refractivity contribution in [3.05, 3.63) is 58.4 Å². The van der Waals surface area contributed by atoms with E-state index in [2.05, 4.69) is 20.2 Å². The summed E-state index contributed by atoms with van der Waals surface area (Å²) >= 11 is 1.67. The number of nitrogens with zero attached hydrogens (tertiary/aromatic N) is 4. The third kappa shape index (κ3) is 5.19. The van der Waals surface area contributed by atoms with E-state index in [1.54, 1.807) is 23.5 Å². The summed E-state index contributed by atoms with van der Waals surface area (Å²) in [5, 5.41) is 8.32. The number of Topliss-reactive ketones (excluding diaryl/α,β-unsaturated/α-hetero) is 1. The molecule has 0 spiro atoms. The molecule has 4 rings (SSSR count). The van der Waals surface area contributed by atoms with E-state index in [4.69, 9.17) is 5.14 Å². The Labute approximate surface area is 198 Å². The Bertz CT molecular complexity index is 1260. The van der Waals surface area contributed by atoms with Gasteiger partial charge < -0.3 is 9.47 Å². The molecule has 0 radical (unpaired) electrons. The first-order chi connectivity index (χ1) is 15.6. The number of benzene rings is 1. The van der Waals surface area contributed by atoms with Crippen molar-refractivity contribution in [2.75, 3.05) is 37.6 Å². The topological polar surface area (TPSA) is 102 Å². The minimum atomic E-state index is -3.75. The average Bonchev–Trinajstić information content (AvgIpc) is 3.22. The number of anilines is 1. The fourth-order valence-electron chi connectivity index (χ4n) is 4.32. The molecule has 3 heterocycles. The molecule has 1 aliphatic heterocycles. The summed E-state index contributed by atoms with van der Waals surface area (Å²) in [7, 11) is -3.75. The molecular formula is C23H29N5O3S2. The minimum absolute atomic E-state index is 0.0631. The molecule has 0 aliphatic carbocycles. The van der Waals surface area contributed by atoms with E-state index in [0.717, 1.165) is 60.5 Å². The number of rotatable bonds is 6. The van der Waals surface area contributed by atoms with Crippen LogP contribution < -0.4 is 10.0 Å². The highest BCUT2D eigenvalue weighted by molar-refractivity contribution is 7.89. The van der Waals surface area contributed by atoms with Crippen LogP contribution in [-0.2, 0) is 10.0 Å². The maximum atomic E-state index is 13.2. The summed E-state index contributed by atoms with van der Waals surface area (Å²) in [4.78, 5) is 22.4. The molecule has 1 fully saturated rings. The lowest BCUT2D eigenvalue weighted by atomic mass is 10.1. The molecule has 0 saturated carbocycles. The Hall–Kier alpha value is -2.53. The summed E-state index contributed by atoms with van der Waals surface area (Å²) in [5.41, 5.74) is 4.29. The van der Waals surface area contributed by atoms with Crippen LogP contribution in [0.25, 0.3) is 5.69 Å². The molecule has 2 aromatic heterocycles. The lowest BCUT2D eigenvalue weighted by Gasteiger charge is -2.21. The van der Waals surface area contributed by atoms with Gasteiger partial charge in [0.25, 0.3) is 0 Å². The number of thiazole rings is 1. The summed E-state index contributed by atoms with van der Waals surface area (Å²) in [5.74, 6) is 0.0917. The summed E-state index contributed by atoms with van der Waals surface area (Å²) < 4.78 is 25.0. The van der Waals surface area contributed by atoms with Gasteiger partial charge in [0.2, 0.25) is 10.0 Å². The quantitative estimate of drug-likeness (QED) is 0.537. The number of hydrogen-bond acceptors (Lipinski definition) is 7. The zero-order valence-corrected chi connectivity index (χ0v) is 20.7. The maximum absolute atomic E-state index is 13.2. The maximum Gasteiger partial charge on any atom is 0.238 e. The number of nitrogens with two attached hydrogens (primary N) is 1. The fourth-order valence-corrected chi connectivity index (χ4v) is 5.70. The highest BCUT2D eigenvalue weighted by Crippen LogP contribution is 2.24. The van der Waals surface area contributed by atoms with E-state index in [0.29, 0.717) is 12.1 Å². The predicted octanol–water partition coefficient (Wildman–Crippen LogP) is 2.90. The van der Waals surface area contributed by atoms with Gasteiger partial charge in [-0.15, -0.1) is 11.3 Å². The second-order valence-electron chi connectivity index (χ2n) is 8.47. The van der Waals surface area contributed by atoms with Gasteiger partial charge in [-0.3, -0.25) is 9.69 Å². The van der Waals surface area contributed by atoms with Crippen LogP contribution in [0.5, 0.6) is 0 Å². The summed E-state index contributed by atoms with van der Waals surface area (Å²) in [6.07, 6.45) is 0.987. The number of aryl methyl sites for hydroxylation is 2. The van der Waals surface area contributed by atoms with E-state index < -0.39 is 10.0 Å². The molecule has 0 atom stereocenters. The number of carbonyl (C=O) groups is 1. The minimum Gasteiger partial charge on any atom is -0.347 e. The molecular weight excluding hydrogens is 458 g/mol. The predicted molar refractivity (Wildman–Crippen MR) is 131 cm³/mol. The van der Waals surface area contributed by atoms with Gasteiger partial charge in [-0.2, -0.15) is 0 Å². The Morgan fingerprint density at radius 2 is 1.82 bits per heavy atom.